The number of aryl methyl sites for hydroxylation is 1. The zero-order chi connectivity index (χ0) is 7.56. The number of thiol groups is 1. The van der Waals surface area contributed by atoms with Crippen molar-refractivity contribution >= 4 is 35.2 Å². The van der Waals surface area contributed by atoms with E-state index in [0.717, 1.165) is 11.3 Å². The van der Waals surface area contributed by atoms with Crippen LogP contribution >= 0.6 is 35.2 Å². The highest BCUT2D eigenvalue weighted by molar-refractivity contribution is 14.1. The van der Waals surface area contributed by atoms with E-state index in [1.807, 2.05) is 6.07 Å². The predicted molar refractivity (Wildman–Crippen MR) is 55.8 cm³/mol. The molecule has 0 spiro atoms. The fraction of sp³-hybridized carbons (Fsp3) is 0.250. The van der Waals surface area contributed by atoms with Crippen LogP contribution in [0.5, 0.6) is 0 Å². The minimum absolute atomic E-state index is 1.07. The van der Waals surface area contributed by atoms with E-state index in [-0.39, 0.29) is 0 Å². The van der Waals surface area contributed by atoms with E-state index in [1.54, 1.807) is 0 Å². The van der Waals surface area contributed by atoms with Crippen molar-refractivity contribution in [3.05, 3.63) is 27.3 Å². The maximum atomic E-state index is 4.28. The zero-order valence-corrected chi connectivity index (χ0v) is 8.82. The summed E-state index contributed by atoms with van der Waals surface area (Å²) in [6.45, 7) is 2.16. The van der Waals surface area contributed by atoms with Gasteiger partial charge in [-0.3, -0.25) is 0 Å². The molecule has 0 bridgehead atoms. The molecule has 0 nitrogen and oxygen atoms in total. The van der Waals surface area contributed by atoms with E-state index >= 15 is 0 Å². The van der Waals surface area contributed by atoms with Gasteiger partial charge in [-0.2, -0.15) is 0 Å². The van der Waals surface area contributed by atoms with Gasteiger partial charge in [-0.15, -0.1) is 12.6 Å². The number of hydrogen-bond acceptors (Lipinski definition) is 1. The highest BCUT2D eigenvalue weighted by atomic mass is 127. The van der Waals surface area contributed by atoms with Crippen LogP contribution in [-0.2, 0) is 6.42 Å². The van der Waals surface area contributed by atoms with E-state index < -0.39 is 0 Å². The summed E-state index contributed by atoms with van der Waals surface area (Å²) in [7, 11) is 0. The highest BCUT2D eigenvalue weighted by Gasteiger charge is 1.94. The lowest BCUT2D eigenvalue weighted by atomic mass is 10.2. The molecule has 0 atom stereocenters. The standard InChI is InChI=1S/C8H9IS/c1-2-6-3-4-8(10)7(9)5-6/h3-5,10H,2H2,1H3. The summed E-state index contributed by atoms with van der Waals surface area (Å²) in [6, 6.07) is 6.33. The lowest BCUT2D eigenvalue weighted by Gasteiger charge is -1.99. The van der Waals surface area contributed by atoms with Gasteiger partial charge in [-0.1, -0.05) is 13.0 Å². The lowest BCUT2D eigenvalue weighted by Crippen LogP contribution is -1.81. The smallest absolute Gasteiger partial charge is 0.0266 e. The summed E-state index contributed by atoms with van der Waals surface area (Å²) in [6.07, 6.45) is 1.10. The second-order valence-corrected chi connectivity index (χ2v) is 3.78. The molecule has 0 unspecified atom stereocenters. The van der Waals surface area contributed by atoms with Gasteiger partial charge in [-0.05, 0) is 46.7 Å². The molecule has 0 fully saturated rings. The van der Waals surface area contributed by atoms with Gasteiger partial charge in [0.15, 0.2) is 0 Å². The molecule has 0 saturated carbocycles. The fourth-order valence-electron chi connectivity index (χ4n) is 0.770. The summed E-state index contributed by atoms with van der Waals surface area (Å²) in [5.41, 5.74) is 1.38. The first-order chi connectivity index (χ1) is 4.74. The Balaban J connectivity index is 3.04. The maximum absolute atomic E-state index is 4.28. The Bertz CT molecular complexity index is 233. The van der Waals surface area contributed by atoms with Crippen molar-refractivity contribution < 1.29 is 0 Å². The van der Waals surface area contributed by atoms with E-state index in [0.29, 0.717) is 0 Å². The van der Waals surface area contributed by atoms with Crippen molar-refractivity contribution in [2.45, 2.75) is 18.2 Å². The summed E-state index contributed by atoms with van der Waals surface area (Å²) >= 11 is 6.57. The minimum atomic E-state index is 1.07. The van der Waals surface area contributed by atoms with Crippen LogP contribution < -0.4 is 0 Å². The second kappa shape index (κ2) is 3.62. The van der Waals surface area contributed by atoms with Gasteiger partial charge in [0.05, 0.1) is 0 Å². The number of hydrogen-bond donors (Lipinski definition) is 1. The monoisotopic (exact) mass is 264 g/mol. The quantitative estimate of drug-likeness (QED) is 0.584. The van der Waals surface area contributed by atoms with Gasteiger partial charge in [0.2, 0.25) is 0 Å². The largest absolute Gasteiger partial charge is 0.142 e. The molecule has 10 heavy (non-hydrogen) atoms. The molecule has 0 aliphatic heterocycles. The molecular weight excluding hydrogens is 255 g/mol. The Morgan fingerprint density at radius 3 is 2.70 bits per heavy atom. The van der Waals surface area contributed by atoms with E-state index in [4.69, 9.17) is 0 Å². The summed E-state index contributed by atoms with van der Waals surface area (Å²) in [5.74, 6) is 0. The van der Waals surface area contributed by atoms with Crippen molar-refractivity contribution in [3.63, 3.8) is 0 Å². The average molecular weight is 264 g/mol. The van der Waals surface area contributed by atoms with Crippen LogP contribution in [0, 0.1) is 3.57 Å². The zero-order valence-electron chi connectivity index (χ0n) is 5.76. The van der Waals surface area contributed by atoms with Crippen molar-refractivity contribution in [2.75, 3.05) is 0 Å². The van der Waals surface area contributed by atoms with Gasteiger partial charge in [0, 0.05) is 8.47 Å². The molecule has 54 valence electrons. The Morgan fingerprint density at radius 1 is 1.50 bits per heavy atom. The molecule has 0 N–H and O–H groups in total. The van der Waals surface area contributed by atoms with E-state index in [1.165, 1.54) is 9.13 Å². The molecule has 0 radical (unpaired) electrons. The summed E-state index contributed by atoms with van der Waals surface area (Å²) in [4.78, 5) is 1.07. The predicted octanol–water partition coefficient (Wildman–Crippen LogP) is 3.14. The normalized spacial score (nSPS) is 9.90. The Morgan fingerprint density at radius 2 is 2.20 bits per heavy atom. The van der Waals surface area contributed by atoms with Crippen molar-refractivity contribution in [1.82, 2.24) is 0 Å². The molecule has 1 aromatic rings. The topological polar surface area (TPSA) is 0 Å². The average Bonchev–Trinajstić information content (AvgIpc) is 1.95. The Hall–Kier alpha value is 0.300. The van der Waals surface area contributed by atoms with Crippen LogP contribution in [-0.4, -0.2) is 0 Å². The summed E-state index contributed by atoms with van der Waals surface area (Å²) < 4.78 is 1.24. The highest BCUT2D eigenvalue weighted by Crippen LogP contribution is 2.17. The molecular formula is C8H9IS. The van der Waals surface area contributed by atoms with Crippen LogP contribution in [0.25, 0.3) is 0 Å². The molecule has 2 heteroatoms. The van der Waals surface area contributed by atoms with Crippen LogP contribution in [0.4, 0.5) is 0 Å². The van der Waals surface area contributed by atoms with Gasteiger partial charge in [0.1, 0.15) is 0 Å². The van der Waals surface area contributed by atoms with Crippen molar-refractivity contribution in [1.29, 1.82) is 0 Å². The van der Waals surface area contributed by atoms with Crippen molar-refractivity contribution in [3.8, 4) is 0 Å². The second-order valence-electron chi connectivity index (χ2n) is 2.14. The molecule has 0 aromatic heterocycles. The molecule has 0 amide bonds. The van der Waals surface area contributed by atoms with Crippen LogP contribution in [0.15, 0.2) is 23.1 Å². The third kappa shape index (κ3) is 1.89. The molecule has 0 aliphatic carbocycles. The van der Waals surface area contributed by atoms with E-state index in [2.05, 4.69) is 54.3 Å². The number of halogens is 1. The summed E-state index contributed by atoms with van der Waals surface area (Å²) in [5, 5.41) is 0. The fourth-order valence-corrected chi connectivity index (χ4v) is 1.49. The Kier molecular flexibility index (Phi) is 3.04. The third-order valence-corrected chi connectivity index (χ3v) is 3.13. The first kappa shape index (κ1) is 8.40. The molecule has 0 heterocycles. The first-order valence-electron chi connectivity index (χ1n) is 3.21. The van der Waals surface area contributed by atoms with Crippen molar-refractivity contribution in [2.24, 2.45) is 0 Å². The van der Waals surface area contributed by atoms with Gasteiger partial charge in [0.25, 0.3) is 0 Å². The SMILES string of the molecule is CCc1ccc(S)c(I)c1. The molecule has 0 saturated heterocycles. The number of benzene rings is 1. The van der Waals surface area contributed by atoms with Crippen LogP contribution in [0.3, 0.4) is 0 Å². The van der Waals surface area contributed by atoms with E-state index in [9.17, 15) is 0 Å². The minimum Gasteiger partial charge on any atom is -0.142 e. The van der Waals surface area contributed by atoms with Gasteiger partial charge >= 0.3 is 0 Å². The lowest BCUT2D eigenvalue weighted by molar-refractivity contribution is 1.12. The first-order valence-corrected chi connectivity index (χ1v) is 4.74. The maximum Gasteiger partial charge on any atom is 0.0266 e. The van der Waals surface area contributed by atoms with Gasteiger partial charge in [-0.25, -0.2) is 0 Å². The molecule has 1 aromatic carbocycles. The van der Waals surface area contributed by atoms with Gasteiger partial charge < -0.3 is 0 Å². The van der Waals surface area contributed by atoms with Crippen LogP contribution in [0.1, 0.15) is 12.5 Å². The number of rotatable bonds is 1. The third-order valence-electron chi connectivity index (χ3n) is 1.42. The molecule has 0 aliphatic rings. The van der Waals surface area contributed by atoms with Crippen LogP contribution in [0.2, 0.25) is 0 Å². The molecule has 1 rings (SSSR count). The Labute approximate surface area is 80.6 Å².